The van der Waals surface area contributed by atoms with Crippen molar-refractivity contribution in [3.63, 3.8) is 0 Å². The monoisotopic (exact) mass is 492 g/mol. The van der Waals surface area contributed by atoms with Gasteiger partial charge in [-0.2, -0.15) is 5.10 Å². The highest BCUT2D eigenvalue weighted by Crippen LogP contribution is 2.38. The number of piperazine rings is 1. The lowest BCUT2D eigenvalue weighted by Gasteiger charge is -2.35. The fourth-order valence-electron chi connectivity index (χ4n) is 4.48. The van der Waals surface area contributed by atoms with Gasteiger partial charge in [0.15, 0.2) is 11.5 Å². The van der Waals surface area contributed by atoms with Crippen LogP contribution < -0.4 is 14.4 Å². The predicted molar refractivity (Wildman–Crippen MR) is 135 cm³/mol. The zero-order valence-corrected chi connectivity index (χ0v) is 20.6. The Balaban J connectivity index is 1.32. The molecule has 1 fully saturated rings. The molecule has 35 heavy (non-hydrogen) atoms. The molecule has 10 heteroatoms. The molecular weight excluding hydrogens is 464 g/mol. The molecule has 2 aliphatic heterocycles. The first-order valence-electron chi connectivity index (χ1n) is 11.6. The molecule has 0 aliphatic carbocycles. The minimum atomic E-state index is -0.196. The highest BCUT2D eigenvalue weighted by Gasteiger charge is 2.35. The van der Waals surface area contributed by atoms with E-state index in [1.54, 1.807) is 43.0 Å². The Morgan fingerprint density at radius 3 is 2.49 bits per heavy atom. The normalized spacial score (nSPS) is 18.5. The van der Waals surface area contributed by atoms with Gasteiger partial charge in [-0.1, -0.05) is 12.1 Å². The van der Waals surface area contributed by atoms with E-state index in [2.05, 4.69) is 19.8 Å². The van der Waals surface area contributed by atoms with Crippen LogP contribution in [0.2, 0.25) is 0 Å². The summed E-state index contributed by atoms with van der Waals surface area (Å²) in [5, 5.41) is 8.48. The summed E-state index contributed by atoms with van der Waals surface area (Å²) in [6.07, 6.45) is 4.16. The fourth-order valence-corrected chi connectivity index (χ4v) is 5.20. The number of carbonyl (C=O) groups excluding carboxylic acids is 1. The lowest BCUT2D eigenvalue weighted by atomic mass is 10.0. The Labute approximate surface area is 208 Å². The van der Waals surface area contributed by atoms with Gasteiger partial charge < -0.3 is 14.4 Å². The van der Waals surface area contributed by atoms with Gasteiger partial charge in [-0.15, -0.1) is 11.3 Å². The molecule has 1 unspecified atom stereocenters. The number of hydrogen-bond donors (Lipinski definition) is 0. The third-order valence-corrected chi connectivity index (χ3v) is 7.25. The Hall–Kier alpha value is -3.50. The Bertz CT molecular complexity index is 1180. The van der Waals surface area contributed by atoms with Gasteiger partial charge in [0.25, 0.3) is 5.91 Å². The van der Waals surface area contributed by atoms with Crippen molar-refractivity contribution in [3.05, 3.63) is 64.6 Å². The topological polar surface area (TPSA) is 83.4 Å². The van der Waals surface area contributed by atoms with Gasteiger partial charge >= 0.3 is 0 Å². The number of ether oxygens (including phenoxy) is 2. The summed E-state index contributed by atoms with van der Waals surface area (Å²) in [5.41, 5.74) is 1.90. The lowest BCUT2D eigenvalue weighted by Crippen LogP contribution is -2.50. The third kappa shape index (κ3) is 4.98. The maximum atomic E-state index is 13.5. The summed E-state index contributed by atoms with van der Waals surface area (Å²) < 4.78 is 10.9. The second-order valence-corrected chi connectivity index (χ2v) is 9.36. The van der Waals surface area contributed by atoms with Crippen LogP contribution in [0.15, 0.2) is 59.3 Å². The highest BCUT2D eigenvalue weighted by molar-refractivity contribution is 7.12. The molecule has 0 saturated carbocycles. The van der Waals surface area contributed by atoms with Crippen molar-refractivity contribution in [2.75, 3.05) is 51.8 Å². The second-order valence-electron chi connectivity index (χ2n) is 8.41. The van der Waals surface area contributed by atoms with Crippen LogP contribution in [0.4, 0.5) is 5.95 Å². The third-order valence-electron chi connectivity index (χ3n) is 6.33. The summed E-state index contributed by atoms with van der Waals surface area (Å²) in [7, 11) is 3.23. The maximum absolute atomic E-state index is 13.5. The summed E-state index contributed by atoms with van der Waals surface area (Å²) in [6.45, 7) is 3.40. The minimum absolute atomic E-state index is 0.0132. The molecule has 1 saturated heterocycles. The van der Waals surface area contributed by atoms with E-state index < -0.39 is 0 Å². The minimum Gasteiger partial charge on any atom is -0.493 e. The van der Waals surface area contributed by atoms with Gasteiger partial charge in [0, 0.05) is 45.0 Å². The number of methoxy groups -OCH3 is 2. The molecule has 5 rings (SSSR count). The van der Waals surface area contributed by atoms with Crippen LogP contribution >= 0.6 is 11.3 Å². The van der Waals surface area contributed by atoms with Crippen LogP contribution in [-0.2, 0) is 4.79 Å². The number of hydrogen-bond acceptors (Lipinski definition) is 9. The number of aromatic nitrogens is 2. The van der Waals surface area contributed by atoms with E-state index in [0.717, 1.165) is 48.3 Å². The molecule has 2 aromatic heterocycles. The molecule has 4 heterocycles. The number of hydrazone groups is 1. The predicted octanol–water partition coefficient (Wildman–Crippen LogP) is 3.06. The van der Waals surface area contributed by atoms with Gasteiger partial charge in [0.05, 0.1) is 37.4 Å². The number of carbonyl (C=O) groups is 1. The van der Waals surface area contributed by atoms with Crippen molar-refractivity contribution in [2.24, 2.45) is 5.10 Å². The summed E-state index contributed by atoms with van der Waals surface area (Å²) in [4.78, 5) is 27.6. The van der Waals surface area contributed by atoms with Crippen molar-refractivity contribution in [2.45, 2.75) is 12.5 Å². The van der Waals surface area contributed by atoms with E-state index in [4.69, 9.17) is 14.6 Å². The van der Waals surface area contributed by atoms with E-state index in [1.807, 2.05) is 41.8 Å². The summed E-state index contributed by atoms with van der Waals surface area (Å²) in [6, 6.07) is 11.5. The van der Waals surface area contributed by atoms with Crippen molar-refractivity contribution in [1.29, 1.82) is 0 Å². The van der Waals surface area contributed by atoms with Gasteiger partial charge in [-0.05, 0) is 35.2 Å². The zero-order valence-electron chi connectivity index (χ0n) is 19.8. The summed E-state index contributed by atoms with van der Waals surface area (Å²) >= 11 is 1.64. The Kier molecular flexibility index (Phi) is 6.91. The number of anilines is 1. The van der Waals surface area contributed by atoms with Crippen LogP contribution in [0.1, 0.15) is 22.9 Å². The molecule has 0 bridgehead atoms. The zero-order chi connectivity index (χ0) is 24.2. The average molecular weight is 493 g/mol. The molecule has 0 spiro atoms. The SMILES string of the molecule is COc1ccc(C2CC(c3cccs3)=NN2C(=O)CN2CCN(c3ncccn3)CC2)cc1OC. The standard InChI is InChI=1S/C25H28N6O3S/c1-33-21-7-6-18(15-22(21)34-2)20-16-19(23-5-3-14-35-23)28-31(20)24(32)17-29-10-12-30(13-11-29)25-26-8-4-9-27-25/h3-9,14-15,20H,10-13,16-17H2,1-2H3. The van der Waals surface area contributed by atoms with Crippen molar-refractivity contribution in [1.82, 2.24) is 19.9 Å². The van der Waals surface area contributed by atoms with Crippen molar-refractivity contribution >= 4 is 28.9 Å². The number of benzene rings is 1. The van der Waals surface area contributed by atoms with Gasteiger partial charge in [0.1, 0.15) is 0 Å². The van der Waals surface area contributed by atoms with E-state index in [1.165, 1.54) is 0 Å². The molecule has 3 aromatic rings. The molecule has 2 aliphatic rings. The Morgan fingerprint density at radius 1 is 1.03 bits per heavy atom. The first kappa shape index (κ1) is 23.3. The number of amides is 1. The molecule has 1 atom stereocenters. The molecular formula is C25H28N6O3S. The van der Waals surface area contributed by atoms with Crippen LogP contribution in [0.5, 0.6) is 11.5 Å². The Morgan fingerprint density at radius 2 is 1.80 bits per heavy atom. The van der Waals surface area contributed by atoms with Crippen LogP contribution in [-0.4, -0.2) is 78.4 Å². The highest BCUT2D eigenvalue weighted by atomic mass is 32.1. The van der Waals surface area contributed by atoms with Gasteiger partial charge in [-0.25, -0.2) is 15.0 Å². The molecule has 0 N–H and O–H groups in total. The molecule has 0 radical (unpaired) electrons. The van der Waals surface area contributed by atoms with E-state index in [0.29, 0.717) is 24.5 Å². The summed E-state index contributed by atoms with van der Waals surface area (Å²) in [5.74, 6) is 2.02. The van der Waals surface area contributed by atoms with Gasteiger partial charge in [0.2, 0.25) is 5.95 Å². The number of rotatable bonds is 7. The molecule has 9 nitrogen and oxygen atoms in total. The van der Waals surface area contributed by atoms with Crippen molar-refractivity contribution in [3.8, 4) is 11.5 Å². The number of thiophene rings is 1. The van der Waals surface area contributed by atoms with Gasteiger partial charge in [-0.3, -0.25) is 9.69 Å². The average Bonchev–Trinajstić information content (AvgIpc) is 3.60. The quantitative estimate of drug-likeness (QED) is 0.501. The van der Waals surface area contributed by atoms with Crippen LogP contribution in [0.3, 0.4) is 0 Å². The molecule has 182 valence electrons. The maximum Gasteiger partial charge on any atom is 0.257 e. The lowest BCUT2D eigenvalue weighted by molar-refractivity contribution is -0.134. The van der Waals surface area contributed by atoms with Crippen LogP contribution in [0.25, 0.3) is 0 Å². The van der Waals surface area contributed by atoms with Crippen molar-refractivity contribution < 1.29 is 14.3 Å². The van der Waals surface area contributed by atoms with E-state index >= 15 is 0 Å². The van der Waals surface area contributed by atoms with E-state index in [-0.39, 0.29) is 11.9 Å². The number of nitrogens with zero attached hydrogens (tertiary/aromatic N) is 6. The smallest absolute Gasteiger partial charge is 0.257 e. The second kappa shape index (κ2) is 10.4. The fraction of sp³-hybridized carbons (Fsp3) is 0.360. The molecule has 1 amide bonds. The van der Waals surface area contributed by atoms with Crippen LogP contribution in [0, 0.1) is 0 Å². The first-order chi connectivity index (χ1) is 17.2. The molecule has 1 aromatic carbocycles. The largest absolute Gasteiger partial charge is 0.493 e. The first-order valence-corrected chi connectivity index (χ1v) is 12.4. The van der Waals surface area contributed by atoms with E-state index in [9.17, 15) is 4.79 Å².